The Labute approximate surface area is 68.0 Å². The van der Waals surface area contributed by atoms with Crippen molar-refractivity contribution in [1.82, 2.24) is 25.8 Å². The predicted octanol–water partition coefficient (Wildman–Crippen LogP) is -1.83. The molecule has 0 aliphatic carbocycles. The van der Waals surface area contributed by atoms with Gasteiger partial charge in [-0.2, -0.15) is 5.10 Å². The molecule has 8 heteroatoms. The zero-order chi connectivity index (χ0) is 8.55. The molecule has 1 aromatic rings. The Hall–Kier alpha value is -1.83. The highest BCUT2D eigenvalue weighted by Crippen LogP contribution is 2.09. The van der Waals surface area contributed by atoms with Crippen molar-refractivity contribution in [3.05, 3.63) is 0 Å². The molecule has 1 aliphatic heterocycles. The minimum absolute atomic E-state index is 0.354. The largest absolute Gasteiger partial charge is 0.368 e. The maximum atomic E-state index is 5.48. The molecule has 0 aromatic carbocycles. The molecule has 12 heavy (non-hydrogen) atoms. The summed E-state index contributed by atoms with van der Waals surface area (Å²) in [6.45, 7) is 0. The molecule has 1 aliphatic rings. The fourth-order valence-corrected chi connectivity index (χ4v) is 0.842. The monoisotopic (exact) mass is 168 g/mol. The molecule has 0 saturated carbocycles. The Morgan fingerprint density at radius 2 is 2.33 bits per heavy atom. The first-order chi connectivity index (χ1) is 5.79. The van der Waals surface area contributed by atoms with Gasteiger partial charge in [-0.3, -0.25) is 4.57 Å². The van der Waals surface area contributed by atoms with Crippen LogP contribution in [0.1, 0.15) is 0 Å². The number of nitrogens with zero attached hydrogens (tertiary/aromatic N) is 5. The third kappa shape index (κ3) is 0.855. The van der Waals surface area contributed by atoms with Gasteiger partial charge in [-0.1, -0.05) is 0 Å². The van der Waals surface area contributed by atoms with E-state index in [9.17, 15) is 0 Å². The standard InChI is InChI=1S/C4H8N8/c1-11-3(5)7-8-4(11)12-2-6-9-10-12/h2,9-10H,1H3,(H2,5,7). The topological polar surface area (TPSA) is 96.4 Å². The second-order valence-corrected chi connectivity index (χ2v) is 2.26. The number of anilines is 2. The average molecular weight is 168 g/mol. The number of nitrogen functional groups attached to an aromatic ring is 1. The van der Waals surface area contributed by atoms with Crippen molar-refractivity contribution in [3.63, 3.8) is 0 Å². The molecule has 0 atom stereocenters. The summed E-state index contributed by atoms with van der Waals surface area (Å²) in [6.07, 6.45) is 1.53. The summed E-state index contributed by atoms with van der Waals surface area (Å²) in [5.41, 5.74) is 10.7. The third-order valence-corrected chi connectivity index (χ3v) is 1.51. The van der Waals surface area contributed by atoms with E-state index in [2.05, 4.69) is 26.4 Å². The molecular weight excluding hydrogens is 160 g/mol. The van der Waals surface area contributed by atoms with E-state index < -0.39 is 0 Å². The van der Waals surface area contributed by atoms with Gasteiger partial charge in [-0.15, -0.1) is 15.7 Å². The maximum absolute atomic E-state index is 5.48. The first-order valence-electron chi connectivity index (χ1n) is 3.27. The Kier molecular flexibility index (Phi) is 1.34. The lowest BCUT2D eigenvalue weighted by Crippen LogP contribution is -2.38. The summed E-state index contributed by atoms with van der Waals surface area (Å²) < 4.78 is 1.63. The van der Waals surface area contributed by atoms with Crippen molar-refractivity contribution in [2.24, 2.45) is 12.1 Å². The summed E-state index contributed by atoms with van der Waals surface area (Å²) in [6, 6.07) is 0. The van der Waals surface area contributed by atoms with E-state index >= 15 is 0 Å². The van der Waals surface area contributed by atoms with Crippen LogP contribution in [0.2, 0.25) is 0 Å². The summed E-state index contributed by atoms with van der Waals surface area (Å²) in [5, 5.41) is 12.8. The van der Waals surface area contributed by atoms with Crippen molar-refractivity contribution >= 4 is 18.2 Å². The van der Waals surface area contributed by atoms with Crippen LogP contribution < -0.4 is 21.8 Å². The quantitative estimate of drug-likeness (QED) is 0.456. The number of hydrogen-bond acceptors (Lipinski definition) is 7. The highest BCUT2D eigenvalue weighted by atomic mass is 15.8. The Bertz CT molecular complexity index is 313. The van der Waals surface area contributed by atoms with Gasteiger partial charge in [0.2, 0.25) is 11.9 Å². The van der Waals surface area contributed by atoms with Gasteiger partial charge in [0.05, 0.1) is 0 Å². The predicted molar refractivity (Wildman–Crippen MR) is 42.7 cm³/mol. The zero-order valence-electron chi connectivity index (χ0n) is 6.39. The van der Waals surface area contributed by atoms with Crippen molar-refractivity contribution < 1.29 is 0 Å². The van der Waals surface area contributed by atoms with Crippen molar-refractivity contribution in [3.8, 4) is 0 Å². The van der Waals surface area contributed by atoms with Gasteiger partial charge in [0.25, 0.3) is 0 Å². The Balaban J connectivity index is 2.33. The number of hydrazine groups is 2. The molecule has 4 N–H and O–H groups in total. The van der Waals surface area contributed by atoms with E-state index in [1.807, 2.05) is 0 Å². The molecule has 0 radical (unpaired) electrons. The van der Waals surface area contributed by atoms with Gasteiger partial charge in [-0.25, -0.2) is 10.5 Å². The van der Waals surface area contributed by atoms with E-state index in [1.54, 1.807) is 16.6 Å². The van der Waals surface area contributed by atoms with Crippen LogP contribution >= 0.6 is 0 Å². The molecule has 0 saturated heterocycles. The van der Waals surface area contributed by atoms with Crippen LogP contribution in [0.25, 0.3) is 0 Å². The number of hydrazone groups is 1. The minimum Gasteiger partial charge on any atom is -0.368 e. The normalized spacial score (nSPS) is 15.2. The first kappa shape index (κ1) is 6.85. The van der Waals surface area contributed by atoms with E-state index in [0.717, 1.165) is 0 Å². The zero-order valence-corrected chi connectivity index (χ0v) is 6.39. The molecule has 0 bridgehead atoms. The fourth-order valence-electron chi connectivity index (χ4n) is 0.842. The molecule has 8 nitrogen and oxygen atoms in total. The maximum Gasteiger partial charge on any atom is 0.250 e. The second kappa shape index (κ2) is 2.34. The van der Waals surface area contributed by atoms with Gasteiger partial charge >= 0.3 is 0 Å². The van der Waals surface area contributed by atoms with E-state index in [4.69, 9.17) is 5.73 Å². The van der Waals surface area contributed by atoms with Crippen molar-refractivity contribution in [2.75, 3.05) is 10.7 Å². The van der Waals surface area contributed by atoms with Gasteiger partial charge < -0.3 is 5.73 Å². The van der Waals surface area contributed by atoms with Crippen molar-refractivity contribution in [2.45, 2.75) is 0 Å². The van der Waals surface area contributed by atoms with Crippen LogP contribution in [0.5, 0.6) is 0 Å². The second-order valence-electron chi connectivity index (χ2n) is 2.26. The molecule has 2 heterocycles. The summed E-state index contributed by atoms with van der Waals surface area (Å²) in [7, 11) is 1.76. The van der Waals surface area contributed by atoms with Crippen molar-refractivity contribution in [1.29, 1.82) is 0 Å². The third-order valence-electron chi connectivity index (χ3n) is 1.51. The number of aromatic nitrogens is 3. The number of rotatable bonds is 1. The molecule has 64 valence electrons. The molecule has 0 unspecified atom stereocenters. The molecule has 0 amide bonds. The smallest absolute Gasteiger partial charge is 0.250 e. The molecule has 0 fully saturated rings. The highest BCUT2D eigenvalue weighted by Gasteiger charge is 2.14. The minimum atomic E-state index is 0.354. The van der Waals surface area contributed by atoms with Crippen LogP contribution in [0.15, 0.2) is 5.10 Å². The SMILES string of the molecule is Cn1c(N)nnc1N1C=NNN1. The first-order valence-corrected chi connectivity index (χ1v) is 3.27. The van der Waals surface area contributed by atoms with E-state index in [1.165, 1.54) is 6.34 Å². The summed E-state index contributed by atoms with van der Waals surface area (Å²) in [4.78, 5) is 0. The lowest BCUT2D eigenvalue weighted by molar-refractivity contribution is 0.609. The number of nitrogens with one attached hydrogen (secondary N) is 2. The van der Waals surface area contributed by atoms with E-state index in [0.29, 0.717) is 11.9 Å². The van der Waals surface area contributed by atoms with Crippen LogP contribution in [0, 0.1) is 0 Å². The Morgan fingerprint density at radius 1 is 1.50 bits per heavy atom. The molecule has 2 rings (SSSR count). The summed E-state index contributed by atoms with van der Waals surface area (Å²) >= 11 is 0. The fraction of sp³-hybridized carbons (Fsp3) is 0.250. The van der Waals surface area contributed by atoms with Crippen LogP contribution in [-0.2, 0) is 7.05 Å². The van der Waals surface area contributed by atoms with Crippen LogP contribution in [-0.4, -0.2) is 21.1 Å². The molecule has 1 aromatic heterocycles. The number of hydrogen-bond donors (Lipinski definition) is 3. The Morgan fingerprint density at radius 3 is 2.83 bits per heavy atom. The lowest BCUT2D eigenvalue weighted by atomic mass is 10.8. The number of nitrogens with two attached hydrogens (primary N) is 1. The van der Waals surface area contributed by atoms with E-state index in [-0.39, 0.29) is 0 Å². The summed E-state index contributed by atoms with van der Waals surface area (Å²) in [5.74, 6) is 0.924. The van der Waals surface area contributed by atoms with Gasteiger partial charge in [-0.05, 0) is 0 Å². The van der Waals surface area contributed by atoms with Gasteiger partial charge in [0, 0.05) is 7.05 Å². The molecule has 0 spiro atoms. The van der Waals surface area contributed by atoms with Crippen LogP contribution in [0.3, 0.4) is 0 Å². The highest BCUT2D eigenvalue weighted by molar-refractivity contribution is 5.75. The molecular formula is C4H8N8. The average Bonchev–Trinajstić information content (AvgIpc) is 2.64. The van der Waals surface area contributed by atoms with Gasteiger partial charge in [0.15, 0.2) is 0 Å². The van der Waals surface area contributed by atoms with Crippen LogP contribution in [0.4, 0.5) is 11.9 Å². The van der Waals surface area contributed by atoms with Gasteiger partial charge in [0.1, 0.15) is 6.34 Å². The lowest BCUT2D eigenvalue weighted by Gasteiger charge is -2.10.